The highest BCUT2D eigenvalue weighted by molar-refractivity contribution is 7.14. The van der Waals surface area contributed by atoms with Crippen LogP contribution in [0.2, 0.25) is 0 Å². The maximum Gasteiger partial charge on any atom is 0.304 e. The lowest BCUT2D eigenvalue weighted by atomic mass is 9.93. The van der Waals surface area contributed by atoms with Crippen LogP contribution in [0.25, 0.3) is 21.6 Å². The first-order valence-corrected chi connectivity index (χ1v) is 13.4. The van der Waals surface area contributed by atoms with Crippen molar-refractivity contribution in [1.29, 1.82) is 0 Å². The van der Waals surface area contributed by atoms with Gasteiger partial charge in [-0.3, -0.25) is 24.0 Å². The molecule has 0 unspecified atom stereocenters. The Hall–Kier alpha value is -4.51. The number of benzene rings is 2. The molecule has 0 aliphatic carbocycles. The fourth-order valence-electron chi connectivity index (χ4n) is 4.31. The standard InChI is InChI=1S/C29H31N3O7S/c1-32(23(11-12-26(34)35)28(38)31-16-25(30)33)29(39)21(15-27(36)37)13-18-7-9-20(10-8-18)24-14-22(17-40-24)19-5-3-2-4-6-19/h2-10,14,17,21,23H,11-13,15-16H2,1H3,(H2,30,33)(H,31,38)(H,34,35)(H,36,37)/t21-,23+/m1/s1. The van der Waals surface area contributed by atoms with E-state index >= 15 is 0 Å². The fourth-order valence-corrected chi connectivity index (χ4v) is 5.24. The third-order valence-electron chi connectivity index (χ3n) is 6.38. The van der Waals surface area contributed by atoms with Gasteiger partial charge in [0.1, 0.15) is 6.04 Å². The van der Waals surface area contributed by atoms with Crippen LogP contribution in [0.5, 0.6) is 0 Å². The normalized spacial score (nSPS) is 12.2. The zero-order valence-corrected chi connectivity index (χ0v) is 22.7. The van der Waals surface area contributed by atoms with Crippen LogP contribution in [0.15, 0.2) is 66.0 Å². The zero-order valence-electron chi connectivity index (χ0n) is 21.9. The predicted octanol–water partition coefficient (Wildman–Crippen LogP) is 3.01. The number of nitrogens with one attached hydrogen (secondary N) is 1. The number of nitrogens with zero attached hydrogens (tertiary/aromatic N) is 1. The maximum atomic E-state index is 13.4. The SMILES string of the molecule is CN(C(=O)[C@@H](CC(=O)O)Cc1ccc(-c2cc(-c3ccccc3)cs2)cc1)[C@@H](CCC(=O)O)C(=O)NCC(N)=O. The van der Waals surface area contributed by atoms with Crippen molar-refractivity contribution in [2.45, 2.75) is 31.7 Å². The Morgan fingerprint density at radius 3 is 2.20 bits per heavy atom. The number of likely N-dealkylation sites (N-methyl/N-ethyl adjacent to an activating group) is 1. The van der Waals surface area contributed by atoms with Crippen molar-refractivity contribution >= 4 is 41.0 Å². The van der Waals surface area contributed by atoms with E-state index in [1.165, 1.54) is 7.05 Å². The summed E-state index contributed by atoms with van der Waals surface area (Å²) >= 11 is 1.61. The summed E-state index contributed by atoms with van der Waals surface area (Å²) in [4.78, 5) is 62.0. The number of carboxylic acid groups (broad SMARTS) is 2. The molecule has 1 aromatic heterocycles. The van der Waals surface area contributed by atoms with E-state index in [4.69, 9.17) is 10.8 Å². The molecule has 40 heavy (non-hydrogen) atoms. The number of rotatable bonds is 14. The molecule has 2 atom stereocenters. The average Bonchev–Trinajstić information content (AvgIpc) is 3.42. The van der Waals surface area contributed by atoms with Crippen molar-refractivity contribution in [3.05, 3.63) is 71.6 Å². The van der Waals surface area contributed by atoms with Gasteiger partial charge < -0.3 is 26.2 Å². The van der Waals surface area contributed by atoms with E-state index in [1.54, 1.807) is 11.3 Å². The van der Waals surface area contributed by atoms with E-state index in [1.807, 2.05) is 54.6 Å². The Balaban J connectivity index is 1.76. The highest BCUT2D eigenvalue weighted by Crippen LogP contribution is 2.33. The van der Waals surface area contributed by atoms with Crippen LogP contribution in [0, 0.1) is 5.92 Å². The quantitative estimate of drug-likeness (QED) is 0.233. The van der Waals surface area contributed by atoms with Crippen LogP contribution in [0.3, 0.4) is 0 Å². The summed E-state index contributed by atoms with van der Waals surface area (Å²) in [5.41, 5.74) is 9.01. The summed E-state index contributed by atoms with van der Waals surface area (Å²) in [5, 5.41) is 22.9. The highest BCUT2D eigenvalue weighted by Gasteiger charge is 2.33. The number of thiophene rings is 1. The van der Waals surface area contributed by atoms with Gasteiger partial charge in [-0.2, -0.15) is 0 Å². The van der Waals surface area contributed by atoms with Gasteiger partial charge in [0.05, 0.1) is 18.9 Å². The van der Waals surface area contributed by atoms with Crippen molar-refractivity contribution < 1.29 is 34.2 Å². The minimum atomic E-state index is -1.22. The highest BCUT2D eigenvalue weighted by atomic mass is 32.1. The van der Waals surface area contributed by atoms with Gasteiger partial charge in [0.25, 0.3) is 0 Å². The van der Waals surface area contributed by atoms with Gasteiger partial charge in [-0.05, 0) is 46.5 Å². The molecule has 10 nitrogen and oxygen atoms in total. The van der Waals surface area contributed by atoms with Gasteiger partial charge in [0.15, 0.2) is 0 Å². The first-order chi connectivity index (χ1) is 19.0. The number of hydrogen-bond acceptors (Lipinski definition) is 6. The van der Waals surface area contributed by atoms with Crippen LogP contribution in [0.1, 0.15) is 24.8 Å². The average molecular weight is 566 g/mol. The minimum Gasteiger partial charge on any atom is -0.481 e. The molecule has 0 fully saturated rings. The number of hydrogen-bond donors (Lipinski definition) is 4. The van der Waals surface area contributed by atoms with E-state index in [-0.39, 0.29) is 12.8 Å². The number of aliphatic carboxylic acids is 2. The van der Waals surface area contributed by atoms with Crippen molar-refractivity contribution in [3.8, 4) is 21.6 Å². The molecule has 0 aliphatic rings. The molecule has 2 aromatic carbocycles. The molecule has 5 N–H and O–H groups in total. The Morgan fingerprint density at radius 1 is 0.925 bits per heavy atom. The molecular formula is C29H31N3O7S. The largest absolute Gasteiger partial charge is 0.481 e. The maximum absolute atomic E-state index is 13.4. The number of carboxylic acids is 2. The summed E-state index contributed by atoms with van der Waals surface area (Å²) in [7, 11) is 1.32. The van der Waals surface area contributed by atoms with Crippen LogP contribution in [-0.2, 0) is 30.4 Å². The van der Waals surface area contributed by atoms with Crippen LogP contribution in [0.4, 0.5) is 0 Å². The van der Waals surface area contributed by atoms with Gasteiger partial charge >= 0.3 is 11.9 Å². The Bertz CT molecular complexity index is 1360. The van der Waals surface area contributed by atoms with Gasteiger partial charge in [0, 0.05) is 18.3 Å². The molecule has 0 saturated carbocycles. The van der Waals surface area contributed by atoms with E-state index in [9.17, 15) is 29.1 Å². The van der Waals surface area contributed by atoms with Gasteiger partial charge in [-0.1, -0.05) is 54.6 Å². The first kappa shape index (κ1) is 30.0. The van der Waals surface area contributed by atoms with E-state index in [0.29, 0.717) is 0 Å². The molecule has 11 heteroatoms. The first-order valence-electron chi connectivity index (χ1n) is 12.5. The van der Waals surface area contributed by atoms with Gasteiger partial charge in [-0.25, -0.2) is 0 Å². The molecule has 1 heterocycles. The molecule has 0 bridgehead atoms. The van der Waals surface area contributed by atoms with Crippen molar-refractivity contribution in [3.63, 3.8) is 0 Å². The Kier molecular flexibility index (Phi) is 10.5. The van der Waals surface area contributed by atoms with Gasteiger partial charge in [0.2, 0.25) is 17.7 Å². The minimum absolute atomic E-state index is 0.101. The van der Waals surface area contributed by atoms with Crippen LogP contribution >= 0.6 is 11.3 Å². The summed E-state index contributed by atoms with van der Waals surface area (Å²) in [6.07, 6.45) is -1.01. The van der Waals surface area contributed by atoms with Crippen molar-refractivity contribution in [2.24, 2.45) is 11.7 Å². The van der Waals surface area contributed by atoms with Crippen LogP contribution < -0.4 is 11.1 Å². The number of carbonyl (C=O) groups excluding carboxylic acids is 3. The monoisotopic (exact) mass is 565 g/mol. The molecule has 0 spiro atoms. The van der Waals surface area contributed by atoms with E-state index < -0.39 is 61.0 Å². The molecule has 3 amide bonds. The summed E-state index contributed by atoms with van der Waals surface area (Å²) in [5.74, 6) is -5.53. The zero-order chi connectivity index (χ0) is 29.2. The van der Waals surface area contributed by atoms with E-state index in [0.717, 1.165) is 32.0 Å². The second-order valence-corrected chi connectivity index (χ2v) is 10.3. The molecule has 3 aromatic rings. The van der Waals surface area contributed by atoms with Crippen molar-refractivity contribution in [2.75, 3.05) is 13.6 Å². The summed E-state index contributed by atoms with van der Waals surface area (Å²) in [6.45, 7) is -0.480. The molecule has 0 aliphatic heterocycles. The molecular weight excluding hydrogens is 534 g/mol. The third kappa shape index (κ3) is 8.50. The van der Waals surface area contributed by atoms with E-state index in [2.05, 4.69) is 16.8 Å². The molecule has 0 saturated heterocycles. The molecule has 0 radical (unpaired) electrons. The second-order valence-electron chi connectivity index (χ2n) is 9.34. The number of nitrogens with two attached hydrogens (primary N) is 1. The third-order valence-corrected chi connectivity index (χ3v) is 7.36. The summed E-state index contributed by atoms with van der Waals surface area (Å²) < 4.78 is 0. The molecule has 3 rings (SSSR count). The predicted molar refractivity (Wildman–Crippen MR) is 150 cm³/mol. The molecule has 210 valence electrons. The Morgan fingerprint density at radius 2 is 1.60 bits per heavy atom. The fraction of sp³-hybridized carbons (Fsp3) is 0.276. The van der Waals surface area contributed by atoms with Crippen LogP contribution in [-0.4, -0.2) is 64.4 Å². The van der Waals surface area contributed by atoms with Crippen molar-refractivity contribution in [1.82, 2.24) is 10.2 Å². The Labute approximate surface area is 235 Å². The van der Waals surface area contributed by atoms with Gasteiger partial charge in [-0.15, -0.1) is 11.3 Å². The second kappa shape index (κ2) is 14.0. The lowest BCUT2D eigenvalue weighted by molar-refractivity contribution is -0.147. The topological polar surface area (TPSA) is 167 Å². The number of primary amides is 1. The number of carbonyl (C=O) groups is 5. The smallest absolute Gasteiger partial charge is 0.304 e. The number of amides is 3. The lowest BCUT2D eigenvalue weighted by Gasteiger charge is -2.30. The summed E-state index contributed by atoms with van der Waals surface area (Å²) in [6, 6.07) is 18.4. The lowest BCUT2D eigenvalue weighted by Crippen LogP contribution is -2.51.